The number of nitrogens with zero attached hydrogens (tertiary/aromatic N) is 4. The van der Waals surface area contributed by atoms with E-state index in [2.05, 4.69) is 21.5 Å². The van der Waals surface area contributed by atoms with Crippen molar-refractivity contribution in [1.29, 1.82) is 0 Å². The molecule has 0 unspecified atom stereocenters. The molecular formula is C17H14N4OS. The van der Waals surface area contributed by atoms with Crippen molar-refractivity contribution in [1.82, 2.24) is 14.9 Å². The quantitative estimate of drug-likeness (QED) is 0.640. The van der Waals surface area contributed by atoms with Gasteiger partial charge < -0.3 is 0 Å². The van der Waals surface area contributed by atoms with Gasteiger partial charge >= 0.3 is 0 Å². The molecule has 0 N–H and O–H groups in total. The first-order valence-electron chi connectivity index (χ1n) is 7.00. The zero-order chi connectivity index (χ0) is 16.1. The summed E-state index contributed by atoms with van der Waals surface area (Å²) in [6.45, 7) is 4.11. The predicted molar refractivity (Wildman–Crippen MR) is 93.0 cm³/mol. The third-order valence-electron chi connectivity index (χ3n) is 3.04. The maximum Gasteiger partial charge on any atom is 0.267 e. The average molecular weight is 322 g/mol. The van der Waals surface area contributed by atoms with Crippen molar-refractivity contribution in [3.63, 3.8) is 0 Å². The number of thioether (sulfide) groups is 1. The summed E-state index contributed by atoms with van der Waals surface area (Å²) in [5, 5.41) is 0.601. The Kier molecular flexibility index (Phi) is 4.63. The number of pyridine rings is 2. The predicted octanol–water partition coefficient (Wildman–Crippen LogP) is 3.27. The van der Waals surface area contributed by atoms with Gasteiger partial charge in [-0.25, -0.2) is 9.98 Å². The number of aliphatic imine (C=N–C) groups is 1. The van der Waals surface area contributed by atoms with E-state index in [9.17, 15) is 4.79 Å². The second kappa shape index (κ2) is 7.02. The average Bonchev–Trinajstić information content (AvgIpc) is 2.86. The molecule has 1 aliphatic heterocycles. The fourth-order valence-corrected chi connectivity index (χ4v) is 3.01. The summed E-state index contributed by atoms with van der Waals surface area (Å²) in [6, 6.07) is 9.22. The molecular weight excluding hydrogens is 308 g/mol. The maximum atomic E-state index is 12.6. The third kappa shape index (κ3) is 3.54. The van der Waals surface area contributed by atoms with Gasteiger partial charge in [0.2, 0.25) is 0 Å². The van der Waals surface area contributed by atoms with Crippen molar-refractivity contribution in [3.05, 3.63) is 72.0 Å². The first-order chi connectivity index (χ1) is 11.3. The molecule has 1 amide bonds. The van der Waals surface area contributed by atoms with Crippen molar-refractivity contribution >= 4 is 34.7 Å². The van der Waals surface area contributed by atoms with Gasteiger partial charge in [-0.15, -0.1) is 6.58 Å². The van der Waals surface area contributed by atoms with Crippen LogP contribution in [0, 0.1) is 0 Å². The molecule has 0 bridgehead atoms. The minimum absolute atomic E-state index is 0.0894. The van der Waals surface area contributed by atoms with Crippen LogP contribution in [0.25, 0.3) is 6.08 Å². The number of hydrogen-bond donors (Lipinski definition) is 0. The molecule has 1 fully saturated rings. The van der Waals surface area contributed by atoms with Crippen molar-refractivity contribution in [3.8, 4) is 0 Å². The molecule has 0 saturated carbocycles. The van der Waals surface area contributed by atoms with E-state index in [0.29, 0.717) is 22.4 Å². The fraction of sp³-hybridized carbons (Fsp3) is 0.0588. The van der Waals surface area contributed by atoms with E-state index in [4.69, 9.17) is 0 Å². The summed E-state index contributed by atoms with van der Waals surface area (Å²) in [7, 11) is 0. The highest BCUT2D eigenvalue weighted by Crippen LogP contribution is 2.33. The minimum Gasteiger partial charge on any atom is -0.282 e. The van der Waals surface area contributed by atoms with Gasteiger partial charge in [-0.1, -0.05) is 18.2 Å². The van der Waals surface area contributed by atoms with Crippen LogP contribution >= 0.6 is 11.8 Å². The van der Waals surface area contributed by atoms with Gasteiger partial charge in [0.15, 0.2) is 11.0 Å². The lowest BCUT2D eigenvalue weighted by Gasteiger charge is -2.12. The first-order valence-corrected chi connectivity index (χ1v) is 7.81. The fourth-order valence-electron chi connectivity index (χ4n) is 2.01. The highest BCUT2D eigenvalue weighted by molar-refractivity contribution is 8.18. The Bertz CT molecular complexity index is 772. The molecule has 2 aromatic heterocycles. The number of amides is 1. The lowest BCUT2D eigenvalue weighted by Crippen LogP contribution is -2.29. The molecule has 1 saturated heterocycles. The molecule has 23 heavy (non-hydrogen) atoms. The Morgan fingerprint density at radius 3 is 2.87 bits per heavy atom. The second-order valence-corrected chi connectivity index (χ2v) is 5.69. The van der Waals surface area contributed by atoms with Crippen LogP contribution in [0.15, 0.2) is 71.5 Å². The van der Waals surface area contributed by atoms with E-state index in [0.717, 1.165) is 5.56 Å². The van der Waals surface area contributed by atoms with E-state index >= 15 is 0 Å². The number of rotatable bonds is 4. The molecule has 5 nitrogen and oxygen atoms in total. The topological polar surface area (TPSA) is 58.5 Å². The molecule has 2 aromatic rings. The lowest BCUT2D eigenvalue weighted by molar-refractivity contribution is -0.121. The van der Waals surface area contributed by atoms with Crippen molar-refractivity contribution in [2.75, 3.05) is 6.54 Å². The highest BCUT2D eigenvalue weighted by Gasteiger charge is 2.32. The number of aromatic nitrogens is 2. The molecule has 0 aliphatic carbocycles. The summed E-state index contributed by atoms with van der Waals surface area (Å²) < 4.78 is 0. The van der Waals surface area contributed by atoms with E-state index in [-0.39, 0.29) is 5.91 Å². The molecule has 0 atom stereocenters. The van der Waals surface area contributed by atoms with Crippen LogP contribution in [0.3, 0.4) is 0 Å². The number of amidine groups is 1. The Hall–Kier alpha value is -2.73. The molecule has 3 heterocycles. The molecule has 0 aromatic carbocycles. The lowest BCUT2D eigenvalue weighted by atomic mass is 10.2. The van der Waals surface area contributed by atoms with Crippen LogP contribution in [0.1, 0.15) is 5.56 Å². The van der Waals surface area contributed by atoms with Gasteiger partial charge in [-0.3, -0.25) is 14.7 Å². The van der Waals surface area contributed by atoms with Crippen molar-refractivity contribution in [2.45, 2.75) is 0 Å². The smallest absolute Gasteiger partial charge is 0.267 e. The molecule has 0 spiro atoms. The number of hydrogen-bond acceptors (Lipinski definition) is 5. The minimum atomic E-state index is -0.0894. The van der Waals surface area contributed by atoms with Gasteiger partial charge in [-0.2, -0.15) is 0 Å². The van der Waals surface area contributed by atoms with Gasteiger partial charge in [0.25, 0.3) is 5.91 Å². The normalized spacial score (nSPS) is 17.9. The molecule has 6 heteroatoms. The van der Waals surface area contributed by atoms with Gasteiger partial charge in [0.1, 0.15) is 0 Å². The number of carbonyl (C=O) groups excluding carboxylic acids is 1. The highest BCUT2D eigenvalue weighted by atomic mass is 32.2. The molecule has 114 valence electrons. The standard InChI is InChI=1S/C17H14N4OS/c1-2-10-21-16(22)14(11-13-6-5-8-18-12-13)23-17(21)20-15-7-3-4-9-19-15/h2-9,11-12H,1,10H2/b14-11-,20-17+. The number of carbonyl (C=O) groups is 1. The monoisotopic (exact) mass is 322 g/mol. The summed E-state index contributed by atoms with van der Waals surface area (Å²) in [5.41, 5.74) is 0.876. The van der Waals surface area contributed by atoms with Crippen molar-refractivity contribution in [2.24, 2.45) is 4.99 Å². The zero-order valence-corrected chi connectivity index (χ0v) is 13.1. The molecule has 0 radical (unpaired) electrons. The third-order valence-corrected chi connectivity index (χ3v) is 4.05. The Labute approximate surface area is 138 Å². The van der Waals surface area contributed by atoms with E-state index in [1.54, 1.807) is 35.6 Å². The van der Waals surface area contributed by atoms with Crippen LogP contribution in [0.4, 0.5) is 5.82 Å². The largest absolute Gasteiger partial charge is 0.282 e. The van der Waals surface area contributed by atoms with Crippen LogP contribution in [-0.2, 0) is 4.79 Å². The Morgan fingerprint density at radius 1 is 1.26 bits per heavy atom. The van der Waals surface area contributed by atoms with Crippen LogP contribution in [-0.4, -0.2) is 32.5 Å². The van der Waals surface area contributed by atoms with E-state index < -0.39 is 0 Å². The summed E-state index contributed by atoms with van der Waals surface area (Å²) in [6.07, 6.45) is 8.58. The SMILES string of the molecule is C=CCN1C(=O)/C(=C/c2cccnc2)S/C1=N/c1ccccn1. The van der Waals surface area contributed by atoms with Crippen LogP contribution in [0.5, 0.6) is 0 Å². The summed E-state index contributed by atoms with van der Waals surface area (Å²) in [4.78, 5) is 27.5. The second-order valence-electron chi connectivity index (χ2n) is 4.68. The maximum absolute atomic E-state index is 12.6. The zero-order valence-electron chi connectivity index (χ0n) is 12.3. The molecule has 1 aliphatic rings. The van der Waals surface area contributed by atoms with E-state index in [1.807, 2.05) is 30.3 Å². The van der Waals surface area contributed by atoms with Gasteiger partial charge in [0.05, 0.1) is 4.91 Å². The molecule has 3 rings (SSSR count). The van der Waals surface area contributed by atoms with Gasteiger partial charge in [0, 0.05) is 25.1 Å². The summed E-state index contributed by atoms with van der Waals surface area (Å²) >= 11 is 1.33. The Morgan fingerprint density at radius 2 is 2.17 bits per heavy atom. The summed E-state index contributed by atoms with van der Waals surface area (Å²) in [5.74, 6) is 0.480. The van der Waals surface area contributed by atoms with Gasteiger partial charge in [-0.05, 0) is 41.6 Å². The van der Waals surface area contributed by atoms with E-state index in [1.165, 1.54) is 11.8 Å². The van der Waals surface area contributed by atoms with Crippen LogP contribution < -0.4 is 0 Å². The van der Waals surface area contributed by atoms with Crippen LogP contribution in [0.2, 0.25) is 0 Å². The Balaban J connectivity index is 1.94. The van der Waals surface area contributed by atoms with Crippen molar-refractivity contribution < 1.29 is 4.79 Å². The first kappa shape index (κ1) is 15.2.